The third-order valence-corrected chi connectivity index (χ3v) is 4.67. The van der Waals surface area contributed by atoms with Crippen LogP contribution in [0.3, 0.4) is 0 Å². The van der Waals surface area contributed by atoms with E-state index in [1.165, 1.54) is 12.1 Å². The van der Waals surface area contributed by atoms with Crippen LogP contribution >= 0.6 is 23.2 Å². The van der Waals surface area contributed by atoms with Crippen LogP contribution in [-0.4, -0.2) is 48.9 Å². The number of carbonyl (C=O) groups excluding carboxylic acids is 3. The number of halogens is 2. The van der Waals surface area contributed by atoms with Gasteiger partial charge in [-0.05, 0) is 18.2 Å². The SMILES string of the molecule is O=C(NCC(=O)N1C[C@@H]2COC(=O)[C@@H]2C1)c1cc(Cl)ccc1Cl. The Kier molecular flexibility index (Phi) is 4.46. The van der Waals surface area contributed by atoms with E-state index in [0.29, 0.717) is 24.7 Å². The first-order chi connectivity index (χ1) is 11.0. The van der Waals surface area contributed by atoms with Crippen molar-refractivity contribution in [2.24, 2.45) is 11.8 Å². The quantitative estimate of drug-likeness (QED) is 0.829. The Labute approximate surface area is 142 Å². The first kappa shape index (κ1) is 16.1. The molecule has 2 saturated heterocycles. The summed E-state index contributed by atoms with van der Waals surface area (Å²) in [6, 6.07) is 4.54. The second-order valence-corrected chi connectivity index (χ2v) is 6.45. The molecule has 1 N–H and O–H groups in total. The summed E-state index contributed by atoms with van der Waals surface area (Å²) in [5.74, 6) is -1.13. The summed E-state index contributed by atoms with van der Waals surface area (Å²) in [5.41, 5.74) is 0.217. The van der Waals surface area contributed by atoms with Crippen LogP contribution in [0, 0.1) is 11.8 Å². The zero-order chi connectivity index (χ0) is 16.6. The number of hydrogen-bond acceptors (Lipinski definition) is 4. The summed E-state index contributed by atoms with van der Waals surface area (Å²) in [6.07, 6.45) is 0. The van der Waals surface area contributed by atoms with Gasteiger partial charge in [0.1, 0.15) is 0 Å². The van der Waals surface area contributed by atoms with E-state index < -0.39 is 5.91 Å². The topological polar surface area (TPSA) is 75.7 Å². The minimum atomic E-state index is -0.468. The number of benzene rings is 1. The van der Waals surface area contributed by atoms with Crippen molar-refractivity contribution in [3.8, 4) is 0 Å². The number of carbonyl (C=O) groups is 3. The normalized spacial score (nSPS) is 22.7. The van der Waals surface area contributed by atoms with E-state index in [0.717, 1.165) is 0 Å². The van der Waals surface area contributed by atoms with Crippen molar-refractivity contribution < 1.29 is 19.1 Å². The fourth-order valence-corrected chi connectivity index (χ4v) is 3.22. The van der Waals surface area contributed by atoms with E-state index in [9.17, 15) is 14.4 Å². The Morgan fingerprint density at radius 2 is 2.09 bits per heavy atom. The number of cyclic esters (lactones) is 1. The standard InChI is InChI=1S/C15H14Cl2N2O4/c16-9-1-2-12(17)10(3-9)14(21)18-4-13(20)19-5-8-7-23-15(22)11(8)6-19/h1-3,8,11H,4-7H2,(H,18,21)/t8-,11-/m1/s1. The number of amides is 2. The molecule has 23 heavy (non-hydrogen) atoms. The van der Waals surface area contributed by atoms with Gasteiger partial charge in [0.05, 0.1) is 29.7 Å². The van der Waals surface area contributed by atoms with E-state index >= 15 is 0 Å². The second kappa shape index (κ2) is 6.37. The third-order valence-electron chi connectivity index (χ3n) is 4.11. The summed E-state index contributed by atoms with van der Waals surface area (Å²) in [6.45, 7) is 1.02. The number of rotatable bonds is 3. The predicted molar refractivity (Wildman–Crippen MR) is 83.3 cm³/mol. The molecule has 1 aromatic rings. The number of hydrogen-bond donors (Lipinski definition) is 1. The van der Waals surface area contributed by atoms with Gasteiger partial charge >= 0.3 is 5.97 Å². The van der Waals surface area contributed by atoms with Gasteiger partial charge in [-0.3, -0.25) is 14.4 Å². The maximum absolute atomic E-state index is 12.2. The molecule has 2 amide bonds. The molecule has 3 rings (SSSR count). The highest BCUT2D eigenvalue weighted by molar-refractivity contribution is 6.35. The maximum Gasteiger partial charge on any atom is 0.311 e. The number of esters is 1. The van der Waals surface area contributed by atoms with Crippen LogP contribution in [-0.2, 0) is 14.3 Å². The van der Waals surface area contributed by atoms with Crippen molar-refractivity contribution in [2.75, 3.05) is 26.2 Å². The van der Waals surface area contributed by atoms with Crippen molar-refractivity contribution in [1.82, 2.24) is 10.2 Å². The van der Waals surface area contributed by atoms with Crippen molar-refractivity contribution in [1.29, 1.82) is 0 Å². The van der Waals surface area contributed by atoms with Gasteiger partial charge in [0.25, 0.3) is 5.91 Å². The van der Waals surface area contributed by atoms with Crippen LogP contribution in [0.25, 0.3) is 0 Å². The number of nitrogens with one attached hydrogen (secondary N) is 1. The zero-order valence-electron chi connectivity index (χ0n) is 12.1. The van der Waals surface area contributed by atoms with Crippen LogP contribution in [0.15, 0.2) is 18.2 Å². The van der Waals surface area contributed by atoms with E-state index in [-0.39, 0.29) is 40.8 Å². The number of ether oxygens (including phenoxy) is 1. The van der Waals surface area contributed by atoms with E-state index in [1.807, 2.05) is 0 Å². The van der Waals surface area contributed by atoms with Gasteiger partial charge in [0.2, 0.25) is 5.91 Å². The van der Waals surface area contributed by atoms with Gasteiger partial charge in [0.15, 0.2) is 0 Å². The van der Waals surface area contributed by atoms with E-state index in [1.54, 1.807) is 11.0 Å². The smallest absolute Gasteiger partial charge is 0.311 e. The van der Waals surface area contributed by atoms with Crippen LogP contribution in [0.4, 0.5) is 0 Å². The van der Waals surface area contributed by atoms with E-state index in [2.05, 4.69) is 5.32 Å². The average molecular weight is 357 g/mol. The predicted octanol–water partition coefficient (Wildman–Crippen LogP) is 1.35. The monoisotopic (exact) mass is 356 g/mol. The van der Waals surface area contributed by atoms with Crippen LogP contribution in [0.2, 0.25) is 10.0 Å². The van der Waals surface area contributed by atoms with Gasteiger partial charge in [0, 0.05) is 24.0 Å². The fourth-order valence-electron chi connectivity index (χ4n) is 2.84. The Morgan fingerprint density at radius 3 is 2.83 bits per heavy atom. The second-order valence-electron chi connectivity index (χ2n) is 5.60. The molecule has 0 unspecified atom stereocenters. The zero-order valence-corrected chi connectivity index (χ0v) is 13.6. The molecule has 0 saturated carbocycles. The number of fused-ring (bicyclic) bond motifs is 1. The molecule has 2 aliphatic rings. The van der Waals surface area contributed by atoms with Gasteiger partial charge in [-0.25, -0.2) is 0 Å². The molecule has 0 aliphatic carbocycles. The van der Waals surface area contributed by atoms with Crippen molar-refractivity contribution >= 4 is 41.0 Å². The van der Waals surface area contributed by atoms with Crippen molar-refractivity contribution in [2.45, 2.75) is 0 Å². The van der Waals surface area contributed by atoms with Crippen LogP contribution in [0.5, 0.6) is 0 Å². The van der Waals surface area contributed by atoms with Crippen LogP contribution in [0.1, 0.15) is 10.4 Å². The van der Waals surface area contributed by atoms with Crippen molar-refractivity contribution in [3.05, 3.63) is 33.8 Å². The Balaban J connectivity index is 1.56. The minimum absolute atomic E-state index is 0.0597. The highest BCUT2D eigenvalue weighted by Gasteiger charge is 2.45. The Hall–Kier alpha value is -1.79. The highest BCUT2D eigenvalue weighted by atomic mass is 35.5. The molecule has 2 atom stereocenters. The van der Waals surface area contributed by atoms with E-state index in [4.69, 9.17) is 27.9 Å². The minimum Gasteiger partial charge on any atom is -0.465 e. The number of likely N-dealkylation sites (tertiary alicyclic amines) is 1. The molecular weight excluding hydrogens is 343 g/mol. The van der Waals surface area contributed by atoms with Crippen LogP contribution < -0.4 is 5.32 Å². The molecule has 2 heterocycles. The molecule has 122 valence electrons. The maximum atomic E-state index is 12.2. The number of nitrogens with zero attached hydrogens (tertiary/aromatic N) is 1. The lowest BCUT2D eigenvalue weighted by Crippen LogP contribution is -2.40. The lowest BCUT2D eigenvalue weighted by Gasteiger charge is -2.17. The fraction of sp³-hybridized carbons (Fsp3) is 0.400. The molecule has 8 heteroatoms. The van der Waals surface area contributed by atoms with Gasteiger partial charge in [-0.15, -0.1) is 0 Å². The Bertz CT molecular complexity index is 679. The lowest BCUT2D eigenvalue weighted by molar-refractivity contribution is -0.142. The molecular formula is C15H14Cl2N2O4. The summed E-state index contributed by atoms with van der Waals surface area (Å²) in [4.78, 5) is 37.3. The van der Waals surface area contributed by atoms with Gasteiger partial charge in [-0.2, -0.15) is 0 Å². The van der Waals surface area contributed by atoms with Crippen molar-refractivity contribution in [3.63, 3.8) is 0 Å². The lowest BCUT2D eigenvalue weighted by atomic mass is 10.0. The first-order valence-corrected chi connectivity index (χ1v) is 7.89. The molecule has 0 spiro atoms. The molecule has 0 bridgehead atoms. The molecule has 1 aromatic carbocycles. The third kappa shape index (κ3) is 3.28. The molecule has 0 radical (unpaired) electrons. The highest BCUT2D eigenvalue weighted by Crippen LogP contribution is 2.30. The molecule has 2 fully saturated rings. The summed E-state index contributed by atoms with van der Waals surface area (Å²) >= 11 is 11.8. The molecule has 2 aliphatic heterocycles. The largest absolute Gasteiger partial charge is 0.465 e. The summed E-state index contributed by atoms with van der Waals surface area (Å²) in [7, 11) is 0. The molecule has 6 nitrogen and oxygen atoms in total. The molecule has 0 aromatic heterocycles. The van der Waals surface area contributed by atoms with Gasteiger partial charge < -0.3 is 15.0 Å². The summed E-state index contributed by atoms with van der Waals surface area (Å²) in [5, 5.41) is 3.18. The first-order valence-electron chi connectivity index (χ1n) is 7.13. The summed E-state index contributed by atoms with van der Waals surface area (Å²) < 4.78 is 4.95. The average Bonchev–Trinajstić information content (AvgIpc) is 3.09. The van der Waals surface area contributed by atoms with Gasteiger partial charge in [-0.1, -0.05) is 23.2 Å². The Morgan fingerprint density at radius 1 is 1.30 bits per heavy atom.